The number of amides is 1. The molecule has 3 aromatic rings. The topological polar surface area (TPSA) is 20.3 Å². The van der Waals surface area contributed by atoms with Crippen molar-refractivity contribution in [1.82, 2.24) is 0 Å². The summed E-state index contributed by atoms with van der Waals surface area (Å²) in [4.78, 5) is 14.9. The van der Waals surface area contributed by atoms with Gasteiger partial charge in [0.25, 0.3) is 0 Å². The predicted molar refractivity (Wildman–Crippen MR) is 97.0 cm³/mol. The minimum atomic E-state index is -0.118. The molecule has 24 heavy (non-hydrogen) atoms. The Morgan fingerprint density at radius 2 is 1.33 bits per heavy atom. The molecule has 2 heteroatoms. The van der Waals surface area contributed by atoms with Crippen molar-refractivity contribution in [3.63, 3.8) is 0 Å². The second-order valence-electron chi connectivity index (χ2n) is 6.23. The number of para-hydroxylation sites is 1. The van der Waals surface area contributed by atoms with E-state index >= 15 is 0 Å². The van der Waals surface area contributed by atoms with Gasteiger partial charge in [0, 0.05) is 5.69 Å². The molecular weight excluding hydrogens is 294 g/mol. The fourth-order valence-corrected chi connectivity index (χ4v) is 3.59. The number of carbonyl (C=O) groups is 1. The molecule has 1 heterocycles. The summed E-state index contributed by atoms with van der Waals surface area (Å²) in [5, 5.41) is 0. The molecule has 0 aliphatic carbocycles. The Bertz CT molecular complexity index is 808. The third kappa shape index (κ3) is 2.31. The SMILES string of the molecule is Cc1ccccc1[C@H]1[C@@H](c2ccccc2)C(=O)N1c1ccccc1. The molecule has 0 aromatic heterocycles. The summed E-state index contributed by atoms with van der Waals surface area (Å²) in [6, 6.07) is 28.4. The highest BCUT2D eigenvalue weighted by Crippen LogP contribution is 2.49. The number of hydrogen-bond donors (Lipinski definition) is 0. The van der Waals surface area contributed by atoms with Crippen LogP contribution in [0.2, 0.25) is 0 Å². The largest absolute Gasteiger partial charge is 0.303 e. The summed E-state index contributed by atoms with van der Waals surface area (Å²) in [7, 11) is 0. The lowest BCUT2D eigenvalue weighted by Crippen LogP contribution is -2.53. The number of benzene rings is 3. The fraction of sp³-hybridized carbons (Fsp3) is 0.136. The van der Waals surface area contributed by atoms with E-state index in [1.807, 2.05) is 59.5 Å². The van der Waals surface area contributed by atoms with Gasteiger partial charge in [-0.1, -0.05) is 72.8 Å². The van der Waals surface area contributed by atoms with Crippen LogP contribution in [0.15, 0.2) is 84.9 Å². The first kappa shape index (κ1) is 14.7. The van der Waals surface area contributed by atoms with Gasteiger partial charge in [0.2, 0.25) is 5.91 Å². The first-order valence-corrected chi connectivity index (χ1v) is 8.26. The summed E-state index contributed by atoms with van der Waals surface area (Å²) in [5.41, 5.74) is 4.48. The number of nitrogens with zero attached hydrogens (tertiary/aromatic N) is 1. The van der Waals surface area contributed by atoms with E-state index in [0.29, 0.717) is 0 Å². The van der Waals surface area contributed by atoms with E-state index in [4.69, 9.17) is 0 Å². The fourth-order valence-electron chi connectivity index (χ4n) is 3.59. The van der Waals surface area contributed by atoms with Crippen LogP contribution in [0.3, 0.4) is 0 Å². The standard InChI is InChI=1S/C22H19NO/c1-16-10-8-9-15-19(16)21-20(17-11-4-2-5-12-17)22(24)23(21)18-13-6-3-7-14-18/h2-15,20-21H,1H3/t20-,21+/m1/s1. The van der Waals surface area contributed by atoms with Gasteiger partial charge in [-0.05, 0) is 35.7 Å². The number of carbonyl (C=O) groups excluding carboxylic acids is 1. The van der Waals surface area contributed by atoms with E-state index in [0.717, 1.165) is 11.3 Å². The van der Waals surface area contributed by atoms with Gasteiger partial charge in [0.1, 0.15) is 0 Å². The molecule has 4 rings (SSSR count). The van der Waals surface area contributed by atoms with Crippen LogP contribution in [0, 0.1) is 6.92 Å². The molecular formula is C22H19NO. The van der Waals surface area contributed by atoms with Gasteiger partial charge >= 0.3 is 0 Å². The molecule has 0 radical (unpaired) electrons. The number of β-lactam (4-membered cyclic amide) rings is 1. The number of hydrogen-bond acceptors (Lipinski definition) is 1. The van der Waals surface area contributed by atoms with Crippen LogP contribution in [0.4, 0.5) is 5.69 Å². The number of anilines is 1. The maximum Gasteiger partial charge on any atom is 0.237 e. The second kappa shape index (κ2) is 5.97. The van der Waals surface area contributed by atoms with Crippen LogP contribution >= 0.6 is 0 Å². The van der Waals surface area contributed by atoms with Crippen LogP contribution in [0.25, 0.3) is 0 Å². The Kier molecular flexibility index (Phi) is 3.66. The quantitative estimate of drug-likeness (QED) is 0.632. The van der Waals surface area contributed by atoms with Gasteiger partial charge in [-0.15, -0.1) is 0 Å². The van der Waals surface area contributed by atoms with Gasteiger partial charge in [-0.25, -0.2) is 0 Å². The Morgan fingerprint density at radius 1 is 0.750 bits per heavy atom. The van der Waals surface area contributed by atoms with Crippen molar-refractivity contribution >= 4 is 11.6 Å². The van der Waals surface area contributed by atoms with Gasteiger partial charge in [-0.3, -0.25) is 4.79 Å². The molecule has 3 aromatic carbocycles. The average molecular weight is 313 g/mol. The van der Waals surface area contributed by atoms with Crippen LogP contribution in [-0.4, -0.2) is 5.91 Å². The lowest BCUT2D eigenvalue weighted by atomic mass is 9.76. The number of rotatable bonds is 3. The minimum absolute atomic E-state index is 0.0449. The van der Waals surface area contributed by atoms with Gasteiger partial charge < -0.3 is 4.90 Å². The third-order valence-electron chi connectivity index (χ3n) is 4.80. The Morgan fingerprint density at radius 3 is 2.00 bits per heavy atom. The second-order valence-corrected chi connectivity index (χ2v) is 6.23. The minimum Gasteiger partial charge on any atom is -0.303 e. The van der Waals surface area contributed by atoms with E-state index in [1.165, 1.54) is 11.1 Å². The smallest absolute Gasteiger partial charge is 0.237 e. The maximum absolute atomic E-state index is 13.0. The monoisotopic (exact) mass is 313 g/mol. The summed E-state index contributed by atoms with van der Waals surface area (Å²) < 4.78 is 0. The van der Waals surface area contributed by atoms with E-state index in [-0.39, 0.29) is 17.9 Å². The first-order valence-electron chi connectivity index (χ1n) is 8.26. The van der Waals surface area contributed by atoms with Crippen molar-refractivity contribution in [3.05, 3.63) is 102 Å². The molecule has 1 fully saturated rings. The maximum atomic E-state index is 13.0. The molecule has 0 saturated carbocycles. The highest BCUT2D eigenvalue weighted by atomic mass is 16.2. The summed E-state index contributed by atoms with van der Waals surface area (Å²) in [6.07, 6.45) is 0. The molecule has 0 unspecified atom stereocenters. The van der Waals surface area contributed by atoms with E-state index < -0.39 is 0 Å². The molecule has 1 amide bonds. The van der Waals surface area contributed by atoms with Crippen LogP contribution in [-0.2, 0) is 4.79 Å². The molecule has 1 aliphatic rings. The molecule has 2 atom stereocenters. The van der Waals surface area contributed by atoms with Crippen LogP contribution < -0.4 is 4.90 Å². The zero-order valence-corrected chi connectivity index (χ0v) is 13.6. The Labute approximate surface area is 142 Å². The normalized spacial score (nSPS) is 19.9. The molecule has 0 N–H and O–H groups in total. The van der Waals surface area contributed by atoms with Gasteiger partial charge in [-0.2, -0.15) is 0 Å². The lowest BCUT2D eigenvalue weighted by Gasteiger charge is -2.48. The van der Waals surface area contributed by atoms with Crippen molar-refractivity contribution in [2.24, 2.45) is 0 Å². The Balaban J connectivity index is 1.82. The summed E-state index contributed by atoms with van der Waals surface area (Å²) in [5.74, 6) is 0.0492. The third-order valence-corrected chi connectivity index (χ3v) is 4.80. The number of aryl methyl sites for hydroxylation is 1. The van der Waals surface area contributed by atoms with Gasteiger partial charge in [0.05, 0.1) is 12.0 Å². The molecule has 0 spiro atoms. The van der Waals surface area contributed by atoms with E-state index in [2.05, 4.69) is 37.3 Å². The van der Waals surface area contributed by atoms with Crippen molar-refractivity contribution in [1.29, 1.82) is 0 Å². The Hall–Kier alpha value is -2.87. The summed E-state index contributed by atoms with van der Waals surface area (Å²) in [6.45, 7) is 2.11. The molecule has 0 bridgehead atoms. The van der Waals surface area contributed by atoms with Crippen molar-refractivity contribution in [2.45, 2.75) is 18.9 Å². The average Bonchev–Trinajstić information content (AvgIpc) is 2.62. The highest BCUT2D eigenvalue weighted by molar-refractivity contribution is 6.06. The van der Waals surface area contributed by atoms with Crippen molar-refractivity contribution in [3.8, 4) is 0 Å². The molecule has 118 valence electrons. The molecule has 2 nitrogen and oxygen atoms in total. The molecule has 1 aliphatic heterocycles. The van der Waals surface area contributed by atoms with E-state index in [9.17, 15) is 4.79 Å². The van der Waals surface area contributed by atoms with Crippen molar-refractivity contribution < 1.29 is 4.79 Å². The lowest BCUT2D eigenvalue weighted by molar-refractivity contribution is -0.126. The van der Waals surface area contributed by atoms with Crippen molar-refractivity contribution in [2.75, 3.05) is 4.90 Å². The summed E-state index contributed by atoms with van der Waals surface area (Å²) >= 11 is 0. The van der Waals surface area contributed by atoms with Crippen LogP contribution in [0.1, 0.15) is 28.7 Å². The van der Waals surface area contributed by atoms with Gasteiger partial charge in [0.15, 0.2) is 0 Å². The van der Waals surface area contributed by atoms with Crippen LogP contribution in [0.5, 0.6) is 0 Å². The highest BCUT2D eigenvalue weighted by Gasteiger charge is 2.49. The van der Waals surface area contributed by atoms with E-state index in [1.54, 1.807) is 0 Å². The first-order chi connectivity index (χ1) is 11.8. The predicted octanol–water partition coefficient (Wildman–Crippen LogP) is 4.87. The molecule has 1 saturated heterocycles. The zero-order chi connectivity index (χ0) is 16.5. The zero-order valence-electron chi connectivity index (χ0n) is 13.6.